The van der Waals surface area contributed by atoms with E-state index in [0.29, 0.717) is 0 Å². The van der Waals surface area contributed by atoms with Gasteiger partial charge in [0.25, 0.3) is 0 Å². The summed E-state index contributed by atoms with van der Waals surface area (Å²) >= 11 is 8.12. The summed E-state index contributed by atoms with van der Waals surface area (Å²) in [6, 6.07) is 0. The van der Waals surface area contributed by atoms with E-state index in [1.807, 2.05) is 0 Å². The van der Waals surface area contributed by atoms with Gasteiger partial charge < -0.3 is 0 Å². The van der Waals surface area contributed by atoms with Crippen molar-refractivity contribution in [3.05, 3.63) is 0 Å². The van der Waals surface area contributed by atoms with Crippen LogP contribution in [0.5, 0.6) is 0 Å². The van der Waals surface area contributed by atoms with Crippen molar-refractivity contribution in [1.29, 1.82) is 0 Å². The van der Waals surface area contributed by atoms with Crippen LogP contribution in [0.15, 0.2) is 0 Å². The molecule has 0 heterocycles. The van der Waals surface area contributed by atoms with Gasteiger partial charge in [-0.1, -0.05) is 19.8 Å². The fraction of sp³-hybridized carbons (Fsp3) is 0. The van der Waals surface area contributed by atoms with E-state index in [-0.39, 0.29) is 48.9 Å². The van der Waals surface area contributed by atoms with Gasteiger partial charge in [-0.15, -0.1) is 420 Å². The highest BCUT2D eigenvalue weighted by Crippen LogP contribution is 3.53. The Hall–Kier alpha value is 40.9. The smallest absolute Gasteiger partial charge is 0.0292 e. The summed E-state index contributed by atoms with van der Waals surface area (Å²) < 4.78 is 0. The molecule has 0 aromatic rings. The van der Waals surface area contributed by atoms with Gasteiger partial charge in [0, 0.05) is 42.0 Å². The fourth-order valence-corrected chi connectivity index (χ4v) is 1420. The van der Waals surface area contributed by atoms with Gasteiger partial charge in [0.2, 0.25) is 0 Å². The highest BCUT2D eigenvalue weighted by atomic mass is 33.6. The molecule has 576 valence electrons. The summed E-state index contributed by atoms with van der Waals surface area (Å²) in [5.41, 5.74) is 0. The maximum absolute atomic E-state index is 8.12. The lowest BCUT2D eigenvalue weighted by Crippen LogP contribution is -1.75. The summed E-state index contributed by atoms with van der Waals surface area (Å²) in [4.78, 5) is 0. The highest BCUT2D eigenvalue weighted by Gasteiger charge is 2.66. The van der Waals surface area contributed by atoms with Crippen LogP contribution in [0.1, 0.15) is 0 Å². The molecule has 0 bridgehead atoms. The Morgan fingerprint density at radius 1 is 0.146 bits per heavy atom. The molecule has 0 aromatic heterocycles. The van der Waals surface area contributed by atoms with Crippen molar-refractivity contribution in [1.82, 2.24) is 0 Å². The molecular formula is H95P95S. The summed E-state index contributed by atoms with van der Waals surface area (Å²) in [7, 11) is 178. The van der Waals surface area contributed by atoms with Gasteiger partial charge in [-0.2, -0.15) is 0 Å². The van der Waals surface area contributed by atoms with Crippen molar-refractivity contribution in [2.45, 2.75) is 0 Å². The minimum atomic E-state index is -0.713. The average molecular weight is 3070 g/mol. The van der Waals surface area contributed by atoms with E-state index in [1.165, 1.54) is 7.04 Å². The number of rotatable bonds is 47. The first-order chi connectivity index (χ1) is 43.8. The third kappa shape index (κ3) is 47.8. The Morgan fingerprint density at radius 2 is 0.250 bits per heavy atom. The fourth-order valence-electron chi connectivity index (χ4n) is 5.85. The van der Waals surface area contributed by atoms with Crippen LogP contribution in [-0.2, 0) is 11.8 Å². The van der Waals surface area contributed by atoms with Gasteiger partial charge >= 0.3 is 0 Å². The lowest BCUT2D eigenvalue weighted by Gasteiger charge is -2.62. The number of hydrogen-bond donors (Lipinski definition) is 0. The molecule has 0 amide bonds. The molecule has 53 atom stereocenters. The van der Waals surface area contributed by atoms with E-state index >= 15 is 0 Å². The van der Waals surface area contributed by atoms with Crippen molar-refractivity contribution in [3.63, 3.8) is 0 Å². The monoisotopic (exact) mass is 3070 g/mol. The van der Waals surface area contributed by atoms with E-state index in [4.69, 9.17) is 11.8 Å². The second kappa shape index (κ2) is 75.6. The Bertz CT molecular complexity index is 1710. The molecule has 0 nitrogen and oxygen atoms in total. The first-order valence-electron chi connectivity index (χ1n) is 21.8. The van der Waals surface area contributed by atoms with Crippen LogP contribution in [0.3, 0.4) is 0 Å². The SMILES string of the molecule is PPP(P(P)P)P(P(P(P)P)P(P)P)P(P(P(P=S)P(P(P(P(P)P)P(P)P)P(P(P)P)P(P)P)P(P(P(P)P)P(P)P)P(P(P)P)P(P)P)P(P(P(P(P)P)P(P)P)P(P(P)P)P(P)P)P(P(P(P)P)P(P)P)P(P(P)P)P(P)P)P(P(P(P)P)P(P)P)P(P(P)P)P(P)P. The molecule has 0 radical (unpaired) electrons. The van der Waals surface area contributed by atoms with Gasteiger partial charge in [-0.05, 0) is 286 Å². The van der Waals surface area contributed by atoms with Gasteiger partial charge in [-0.25, -0.2) is 0 Å². The molecule has 0 fully saturated rings. The average Bonchev–Trinajstić information content (AvgIpc) is 3.37. The van der Waals surface area contributed by atoms with Gasteiger partial charge in [0.1, 0.15) is 0 Å². The first-order valence-corrected chi connectivity index (χ1v) is 196. The normalized spacial score (nSPS) is 16.2. The summed E-state index contributed by atoms with van der Waals surface area (Å²) in [6.45, 7) is -20.0. The lowest BCUT2D eigenvalue weighted by atomic mass is 28.4. The predicted octanol–water partition coefficient (Wildman–Crippen LogP) is 56.4. The predicted molar refractivity (Wildman–Crippen MR) is 797 cm³/mol. The molecule has 0 aliphatic carbocycles. The molecule has 0 rings (SSSR count). The highest BCUT2D eigenvalue weighted by molar-refractivity contribution is 9.59. The Kier molecular flexibility index (Phi) is 108. The van der Waals surface area contributed by atoms with E-state index in [9.17, 15) is 0 Å². The molecular weight excluding hydrogens is 2970 g/mol. The van der Waals surface area contributed by atoms with Crippen molar-refractivity contribution in [2.75, 3.05) is 0 Å². The molecule has 96 heteroatoms. The second-order valence-corrected chi connectivity index (χ2v) is 409. The minimum absolute atomic E-state index is 0.350. The van der Waals surface area contributed by atoms with Crippen LogP contribution in [0, 0.1) is 0 Å². The zero-order valence-corrected chi connectivity index (χ0v) is 147. The molecule has 0 N–H and O–H groups in total. The van der Waals surface area contributed by atoms with Crippen molar-refractivity contribution in [3.8, 4) is 0 Å². The van der Waals surface area contributed by atoms with Crippen molar-refractivity contribution >= 4 is 768 Å². The van der Waals surface area contributed by atoms with Crippen LogP contribution >= 0.6 is 756 Å². The van der Waals surface area contributed by atoms with E-state index in [1.54, 1.807) is 0 Å². The zero-order valence-electron chi connectivity index (χ0n) is 49.1. The van der Waals surface area contributed by atoms with Crippen molar-refractivity contribution in [2.24, 2.45) is 0 Å². The molecule has 53 unspecified atom stereocenters. The summed E-state index contributed by atoms with van der Waals surface area (Å²) in [6.07, 6.45) is 0. The van der Waals surface area contributed by atoms with E-state index < -0.39 is 273 Å². The van der Waals surface area contributed by atoms with Crippen LogP contribution in [-0.4, -0.2) is 0 Å². The molecule has 0 aromatic carbocycles. The third-order valence-corrected chi connectivity index (χ3v) is 687. The van der Waals surface area contributed by atoms with E-state index in [2.05, 4.69) is 420 Å². The molecule has 0 aliphatic heterocycles. The summed E-state index contributed by atoms with van der Waals surface area (Å²) in [5, 5.41) is 0. The summed E-state index contributed by atoms with van der Waals surface area (Å²) in [5.74, 6) is 0. The quantitative estimate of drug-likeness (QED) is 0.0547. The van der Waals surface area contributed by atoms with Gasteiger partial charge in [-0.3, -0.25) is 0 Å². The molecule has 0 saturated heterocycles. The van der Waals surface area contributed by atoms with Crippen LogP contribution < -0.4 is 0 Å². The topological polar surface area (TPSA) is 0 Å². The van der Waals surface area contributed by atoms with Gasteiger partial charge in [0.05, 0.1) is 0 Å². The maximum Gasteiger partial charge on any atom is 0.0292 e. The Morgan fingerprint density at radius 3 is 0.354 bits per heavy atom. The minimum Gasteiger partial charge on any atom is -0.109 e. The van der Waals surface area contributed by atoms with Crippen molar-refractivity contribution < 1.29 is 0 Å². The molecule has 0 aliphatic rings. The van der Waals surface area contributed by atoms with Gasteiger partial charge in [0.15, 0.2) is 0 Å². The lowest BCUT2D eigenvalue weighted by molar-refractivity contribution is 4.31. The first kappa shape index (κ1) is 137. The van der Waals surface area contributed by atoms with E-state index in [0.717, 1.165) is 7.96 Å². The van der Waals surface area contributed by atoms with Crippen LogP contribution in [0.4, 0.5) is 0 Å². The molecule has 0 saturated carbocycles. The third-order valence-electron chi connectivity index (χ3n) is 8.48. The Balaban J connectivity index is 13.9. The van der Waals surface area contributed by atoms with Crippen LogP contribution in [0.2, 0.25) is 0 Å². The maximum atomic E-state index is 8.12. The van der Waals surface area contributed by atoms with Crippen LogP contribution in [0.25, 0.3) is 0 Å². The largest absolute Gasteiger partial charge is 0.109 e. The molecule has 0 spiro atoms. The number of hydrogen-bond acceptors (Lipinski definition) is 1. The zero-order chi connectivity index (χ0) is 76.0. The standard InChI is InChI=1S/H95P95S/c1-48-73(50(2)3)86(75(51(4)5)52(6)7)94(91(80(61(24)25)62(26)27)81(63(28)29)64(30)31)88(95(92(82(65(32)33)66(34)35)83(67(36)37)68(38)39)93(84(69(40)41)70(42)43)85(71(44)45)72(46)47)74(49-96)87(89(76(53(8)9)54(10)11)77(55(12)13)56(14)15)90(78(57(16)17)58(18)19)79(59(20)21)60(22)23/h48H,1-47H2. The second-order valence-electron chi connectivity index (χ2n) is 15.1. The molecule has 96 heavy (non-hydrogen) atoms. The Labute approximate surface area is 755 Å².